The lowest BCUT2D eigenvalue weighted by atomic mass is 9.97. The normalized spacial score (nSPS) is 15.5. The number of anilines is 1. The quantitative estimate of drug-likeness (QED) is 0.368. The van der Waals surface area contributed by atoms with Crippen molar-refractivity contribution in [2.75, 3.05) is 18.4 Å². The minimum Gasteiger partial charge on any atom is -0.338 e. The molecule has 4 aromatic heterocycles. The van der Waals surface area contributed by atoms with Gasteiger partial charge in [0.15, 0.2) is 11.6 Å². The highest BCUT2D eigenvalue weighted by atomic mass is 16.2. The number of nitrogens with one attached hydrogen (secondary N) is 3. The van der Waals surface area contributed by atoms with Crippen LogP contribution in [0.3, 0.4) is 0 Å². The first-order valence-electron chi connectivity index (χ1n) is 11.2. The van der Waals surface area contributed by atoms with E-state index in [4.69, 9.17) is 0 Å². The van der Waals surface area contributed by atoms with E-state index in [9.17, 15) is 9.59 Å². The van der Waals surface area contributed by atoms with Crippen molar-refractivity contribution in [3.8, 4) is 34.4 Å². The molecule has 0 radical (unpaired) electrons. The molecule has 0 aromatic carbocycles. The topological polar surface area (TPSA) is 145 Å². The van der Waals surface area contributed by atoms with E-state index < -0.39 is 0 Å². The van der Waals surface area contributed by atoms with Crippen molar-refractivity contribution in [2.24, 2.45) is 5.92 Å². The second-order valence-corrected chi connectivity index (χ2v) is 8.13. The minimum absolute atomic E-state index is 0.133. The summed E-state index contributed by atoms with van der Waals surface area (Å²) >= 11 is 0. The molecule has 0 aliphatic carbocycles. The van der Waals surface area contributed by atoms with Crippen molar-refractivity contribution in [3.05, 3.63) is 61.4 Å². The van der Waals surface area contributed by atoms with E-state index >= 15 is 0 Å². The zero-order chi connectivity index (χ0) is 24.2. The molecule has 0 spiro atoms. The lowest BCUT2D eigenvalue weighted by molar-refractivity contribution is -0.130. The lowest BCUT2D eigenvalue weighted by Gasteiger charge is -2.31. The number of pyridine rings is 2. The van der Waals surface area contributed by atoms with Gasteiger partial charge in [0.1, 0.15) is 11.4 Å². The molecule has 3 N–H and O–H groups in total. The molecule has 5 heterocycles. The van der Waals surface area contributed by atoms with Gasteiger partial charge in [0.2, 0.25) is 11.8 Å². The second-order valence-electron chi connectivity index (χ2n) is 8.13. The van der Waals surface area contributed by atoms with Crippen LogP contribution in [0.4, 0.5) is 5.69 Å². The number of rotatable bonds is 6. The number of hydrogen-bond acceptors (Lipinski definition) is 7. The minimum atomic E-state index is -0.269. The average Bonchev–Trinajstić information content (AvgIpc) is 3.62. The van der Waals surface area contributed by atoms with Crippen LogP contribution in [0.25, 0.3) is 34.4 Å². The zero-order valence-corrected chi connectivity index (χ0v) is 18.8. The van der Waals surface area contributed by atoms with Crippen molar-refractivity contribution < 1.29 is 9.59 Å². The summed E-state index contributed by atoms with van der Waals surface area (Å²) in [6.45, 7) is 4.55. The van der Waals surface area contributed by atoms with Crippen molar-refractivity contribution in [1.82, 2.24) is 40.2 Å². The summed E-state index contributed by atoms with van der Waals surface area (Å²) in [5.41, 5.74) is 3.29. The molecule has 0 unspecified atom stereocenters. The molecule has 1 aliphatic rings. The predicted octanol–water partition coefficient (Wildman–Crippen LogP) is 2.68. The number of aromatic amines is 2. The van der Waals surface area contributed by atoms with Gasteiger partial charge in [0.25, 0.3) is 0 Å². The second kappa shape index (κ2) is 9.67. The first-order chi connectivity index (χ1) is 17.1. The third kappa shape index (κ3) is 4.83. The highest BCUT2D eigenvalue weighted by Crippen LogP contribution is 2.22. The maximum absolute atomic E-state index is 12.7. The largest absolute Gasteiger partial charge is 0.338 e. The number of likely N-dealkylation sites (tertiary alicyclic amines) is 1. The van der Waals surface area contributed by atoms with Gasteiger partial charge in [-0.25, -0.2) is 9.97 Å². The fourth-order valence-corrected chi connectivity index (χ4v) is 3.97. The molecule has 176 valence electrons. The standard InChI is InChI=1S/C24H23N9O2/c1-2-21(34)33-12-4-5-15(14-33)24(35)27-16-8-9-19(25-13-16)22-29-23(32-31-22)20-7-3-6-17(28-20)18-10-11-26-30-18/h2-3,6-11,13,15H,1,4-5,12,14H2,(H,26,30)(H,27,35)(H,29,31,32)/t15-/m0/s1. The monoisotopic (exact) mass is 469 g/mol. The van der Waals surface area contributed by atoms with Crippen LogP contribution in [0.1, 0.15) is 12.8 Å². The molecule has 0 bridgehead atoms. The number of piperidine rings is 1. The van der Waals surface area contributed by atoms with Gasteiger partial charge in [-0.1, -0.05) is 12.6 Å². The fraction of sp³-hybridized carbons (Fsp3) is 0.208. The summed E-state index contributed by atoms with van der Waals surface area (Å²) in [7, 11) is 0. The number of H-pyrrole nitrogens is 2. The Kier molecular flexibility index (Phi) is 6.12. The van der Waals surface area contributed by atoms with E-state index in [1.54, 1.807) is 29.4 Å². The maximum atomic E-state index is 12.7. The maximum Gasteiger partial charge on any atom is 0.245 e. The number of aromatic nitrogens is 7. The third-order valence-corrected chi connectivity index (χ3v) is 5.79. The lowest BCUT2D eigenvalue weighted by Crippen LogP contribution is -2.43. The van der Waals surface area contributed by atoms with Crippen LogP contribution >= 0.6 is 0 Å². The Morgan fingerprint density at radius 2 is 1.97 bits per heavy atom. The number of nitrogens with zero attached hydrogens (tertiary/aromatic N) is 6. The smallest absolute Gasteiger partial charge is 0.245 e. The fourth-order valence-electron chi connectivity index (χ4n) is 3.97. The summed E-state index contributed by atoms with van der Waals surface area (Å²) in [6, 6.07) is 10.9. The summed E-state index contributed by atoms with van der Waals surface area (Å²) in [6.07, 6.45) is 6.03. The van der Waals surface area contributed by atoms with Crippen LogP contribution in [0.2, 0.25) is 0 Å². The summed E-state index contributed by atoms with van der Waals surface area (Å²) < 4.78 is 0. The van der Waals surface area contributed by atoms with E-state index in [2.05, 4.69) is 47.2 Å². The van der Waals surface area contributed by atoms with E-state index in [0.717, 1.165) is 24.2 Å². The molecule has 35 heavy (non-hydrogen) atoms. The van der Waals surface area contributed by atoms with E-state index in [0.29, 0.717) is 41.8 Å². The first-order valence-corrected chi connectivity index (χ1v) is 11.2. The number of carbonyl (C=O) groups is 2. The molecular formula is C24H23N9O2. The molecule has 11 heteroatoms. The Labute approximate surface area is 200 Å². The van der Waals surface area contributed by atoms with Crippen molar-refractivity contribution in [3.63, 3.8) is 0 Å². The highest BCUT2D eigenvalue weighted by Gasteiger charge is 2.27. The highest BCUT2D eigenvalue weighted by molar-refractivity contribution is 5.93. The molecule has 2 amide bonds. The number of amides is 2. The van der Waals surface area contributed by atoms with Gasteiger partial charge in [-0.15, -0.1) is 0 Å². The van der Waals surface area contributed by atoms with E-state index in [-0.39, 0.29) is 17.7 Å². The Hall–Kier alpha value is -4.67. The van der Waals surface area contributed by atoms with Gasteiger partial charge in [-0.3, -0.25) is 24.8 Å². The van der Waals surface area contributed by atoms with Crippen LogP contribution in [0, 0.1) is 5.92 Å². The van der Waals surface area contributed by atoms with Gasteiger partial charge < -0.3 is 10.2 Å². The van der Waals surface area contributed by atoms with E-state index in [1.165, 1.54) is 6.08 Å². The van der Waals surface area contributed by atoms with Crippen molar-refractivity contribution in [2.45, 2.75) is 12.8 Å². The van der Waals surface area contributed by atoms with E-state index in [1.807, 2.05) is 24.3 Å². The van der Waals surface area contributed by atoms with Crippen LogP contribution in [-0.4, -0.2) is 65.2 Å². The molecule has 0 saturated carbocycles. The van der Waals surface area contributed by atoms with Gasteiger partial charge in [-0.05, 0) is 49.2 Å². The van der Waals surface area contributed by atoms with Crippen LogP contribution < -0.4 is 5.32 Å². The SMILES string of the molecule is C=CC(=O)N1CCC[C@H](C(=O)Nc2ccc(-c3nc(-c4cccc(-c5ccn[nH]5)n4)n[nH]3)nc2)C1. The third-order valence-electron chi connectivity index (χ3n) is 5.79. The Morgan fingerprint density at radius 1 is 1.09 bits per heavy atom. The molecule has 1 atom stereocenters. The van der Waals surface area contributed by atoms with Gasteiger partial charge in [0, 0.05) is 19.3 Å². The first kappa shape index (κ1) is 22.1. The Morgan fingerprint density at radius 3 is 2.74 bits per heavy atom. The summed E-state index contributed by atoms with van der Waals surface area (Å²) in [4.78, 5) is 39.8. The van der Waals surface area contributed by atoms with Crippen molar-refractivity contribution >= 4 is 17.5 Å². The molecule has 1 saturated heterocycles. The van der Waals surface area contributed by atoms with Crippen LogP contribution in [-0.2, 0) is 9.59 Å². The molecule has 11 nitrogen and oxygen atoms in total. The number of carbonyl (C=O) groups excluding carboxylic acids is 2. The van der Waals surface area contributed by atoms with Gasteiger partial charge in [0.05, 0.1) is 29.2 Å². The number of hydrogen-bond donors (Lipinski definition) is 3. The Balaban J connectivity index is 1.25. The predicted molar refractivity (Wildman–Crippen MR) is 129 cm³/mol. The van der Waals surface area contributed by atoms with Crippen LogP contribution in [0.15, 0.2) is 61.4 Å². The van der Waals surface area contributed by atoms with Crippen LogP contribution in [0.5, 0.6) is 0 Å². The van der Waals surface area contributed by atoms with Crippen molar-refractivity contribution in [1.29, 1.82) is 0 Å². The molecule has 5 rings (SSSR count). The molecule has 1 aliphatic heterocycles. The van der Waals surface area contributed by atoms with Gasteiger partial charge >= 0.3 is 0 Å². The molecule has 1 fully saturated rings. The molecular weight excluding hydrogens is 446 g/mol. The summed E-state index contributed by atoms with van der Waals surface area (Å²) in [5.74, 6) is 0.373. The molecule has 4 aromatic rings. The Bertz CT molecular complexity index is 1350. The summed E-state index contributed by atoms with van der Waals surface area (Å²) in [5, 5.41) is 16.9. The van der Waals surface area contributed by atoms with Gasteiger partial charge in [-0.2, -0.15) is 10.2 Å². The zero-order valence-electron chi connectivity index (χ0n) is 18.8. The average molecular weight is 470 g/mol.